The fourth-order valence-electron chi connectivity index (χ4n) is 1.53. The molecule has 0 saturated carbocycles. The highest BCUT2D eigenvalue weighted by atomic mass is 16.5. The maximum absolute atomic E-state index is 12.1. The largest absolute Gasteiger partial charge is 0.489 e. The molecular formula is C15H24N2O2. The van der Waals surface area contributed by atoms with Gasteiger partial charge in [0.15, 0.2) is 0 Å². The normalized spacial score (nSPS) is 13.2. The van der Waals surface area contributed by atoms with E-state index in [9.17, 15) is 4.79 Å². The Hall–Kier alpha value is -1.55. The summed E-state index contributed by atoms with van der Waals surface area (Å²) in [5.74, 6) is 0.458. The van der Waals surface area contributed by atoms with Crippen LogP contribution in [0.5, 0.6) is 5.75 Å². The number of hydrogen-bond donors (Lipinski definition) is 2. The lowest BCUT2D eigenvalue weighted by Crippen LogP contribution is -2.45. The van der Waals surface area contributed by atoms with Gasteiger partial charge in [-0.3, -0.25) is 4.79 Å². The van der Waals surface area contributed by atoms with Gasteiger partial charge in [0.05, 0.1) is 17.8 Å². The van der Waals surface area contributed by atoms with Crippen molar-refractivity contribution in [3.8, 4) is 5.75 Å². The van der Waals surface area contributed by atoms with E-state index in [1.54, 1.807) is 0 Å². The van der Waals surface area contributed by atoms with Crippen LogP contribution in [0, 0.1) is 5.41 Å². The lowest BCUT2D eigenvalue weighted by Gasteiger charge is -2.26. The molecular weight excluding hydrogens is 240 g/mol. The van der Waals surface area contributed by atoms with E-state index in [2.05, 4.69) is 5.32 Å². The van der Waals surface area contributed by atoms with Crippen LogP contribution in [0.15, 0.2) is 24.3 Å². The molecule has 0 aliphatic rings. The molecule has 0 heterocycles. The number of carbonyl (C=O) groups excluding carboxylic acids is 1. The maximum Gasteiger partial charge on any atom is 0.241 e. The van der Waals surface area contributed by atoms with Crippen molar-refractivity contribution < 1.29 is 9.53 Å². The lowest BCUT2D eigenvalue weighted by molar-refractivity contribution is -0.119. The molecule has 1 atom stereocenters. The molecule has 19 heavy (non-hydrogen) atoms. The number of anilines is 1. The van der Waals surface area contributed by atoms with Gasteiger partial charge < -0.3 is 15.8 Å². The standard InChI is InChI=1S/C15H24N2O2/c1-10(2)19-12-9-7-6-8-11(12)17-14(18)13(16)15(3,4)5/h6-10,13H,16H2,1-5H3,(H,17,18)/t13-/m0/s1. The van der Waals surface area contributed by atoms with Crippen LogP contribution in [0.1, 0.15) is 34.6 Å². The fraction of sp³-hybridized carbons (Fsp3) is 0.533. The number of carbonyl (C=O) groups is 1. The maximum atomic E-state index is 12.1. The van der Waals surface area contributed by atoms with Crippen LogP contribution >= 0.6 is 0 Å². The Morgan fingerprint density at radius 3 is 2.37 bits per heavy atom. The minimum atomic E-state index is -0.570. The van der Waals surface area contributed by atoms with Crippen molar-refractivity contribution in [3.63, 3.8) is 0 Å². The monoisotopic (exact) mass is 264 g/mol. The molecule has 106 valence electrons. The molecule has 0 fully saturated rings. The van der Waals surface area contributed by atoms with E-state index in [0.717, 1.165) is 0 Å². The first-order valence-electron chi connectivity index (χ1n) is 6.54. The highest BCUT2D eigenvalue weighted by molar-refractivity contribution is 5.96. The molecule has 1 aromatic rings. The first kappa shape index (κ1) is 15.5. The van der Waals surface area contributed by atoms with E-state index < -0.39 is 6.04 Å². The molecule has 0 unspecified atom stereocenters. The molecule has 1 aromatic carbocycles. The molecule has 0 bridgehead atoms. The zero-order chi connectivity index (χ0) is 14.6. The number of hydrogen-bond acceptors (Lipinski definition) is 3. The lowest BCUT2D eigenvalue weighted by atomic mass is 9.87. The van der Waals surface area contributed by atoms with Crippen LogP contribution in [0.2, 0.25) is 0 Å². The van der Waals surface area contributed by atoms with Crippen molar-refractivity contribution in [2.45, 2.75) is 46.8 Å². The Kier molecular flexibility index (Phi) is 4.95. The van der Waals surface area contributed by atoms with Crippen LogP contribution < -0.4 is 15.8 Å². The second kappa shape index (κ2) is 6.06. The highest BCUT2D eigenvalue weighted by Gasteiger charge is 2.27. The Balaban J connectivity index is 2.85. The Labute approximate surface area is 115 Å². The van der Waals surface area contributed by atoms with Gasteiger partial charge in [-0.15, -0.1) is 0 Å². The first-order valence-corrected chi connectivity index (χ1v) is 6.54. The van der Waals surface area contributed by atoms with E-state index in [4.69, 9.17) is 10.5 Å². The second-order valence-corrected chi connectivity index (χ2v) is 6.00. The van der Waals surface area contributed by atoms with Crippen molar-refractivity contribution in [2.75, 3.05) is 5.32 Å². The van der Waals surface area contributed by atoms with Crippen LogP contribution in [0.3, 0.4) is 0 Å². The molecule has 0 spiro atoms. The van der Waals surface area contributed by atoms with Crippen LogP contribution in [0.4, 0.5) is 5.69 Å². The van der Waals surface area contributed by atoms with Gasteiger partial charge in [0.25, 0.3) is 0 Å². The Bertz CT molecular complexity index is 436. The number of para-hydroxylation sites is 2. The van der Waals surface area contributed by atoms with Gasteiger partial charge in [0.1, 0.15) is 5.75 Å². The SMILES string of the molecule is CC(C)Oc1ccccc1NC(=O)[C@H](N)C(C)(C)C. The van der Waals surface area contributed by atoms with Crippen LogP contribution in [-0.2, 0) is 4.79 Å². The molecule has 0 saturated heterocycles. The average Bonchev–Trinajstić information content (AvgIpc) is 2.28. The third kappa shape index (κ3) is 4.56. The average molecular weight is 264 g/mol. The van der Waals surface area contributed by atoms with Crippen LogP contribution in [-0.4, -0.2) is 18.1 Å². The second-order valence-electron chi connectivity index (χ2n) is 6.00. The predicted molar refractivity (Wildman–Crippen MR) is 78.3 cm³/mol. The Morgan fingerprint density at radius 2 is 1.84 bits per heavy atom. The highest BCUT2D eigenvalue weighted by Crippen LogP contribution is 2.26. The summed E-state index contributed by atoms with van der Waals surface area (Å²) in [5.41, 5.74) is 6.31. The smallest absolute Gasteiger partial charge is 0.241 e. The summed E-state index contributed by atoms with van der Waals surface area (Å²) in [5, 5.41) is 2.83. The van der Waals surface area contributed by atoms with E-state index in [1.165, 1.54) is 0 Å². The van der Waals surface area contributed by atoms with E-state index in [-0.39, 0.29) is 17.4 Å². The van der Waals surface area contributed by atoms with Crippen molar-refractivity contribution in [3.05, 3.63) is 24.3 Å². The van der Waals surface area contributed by atoms with Gasteiger partial charge >= 0.3 is 0 Å². The number of nitrogens with one attached hydrogen (secondary N) is 1. The van der Waals surface area contributed by atoms with Gasteiger partial charge in [-0.05, 0) is 31.4 Å². The summed E-state index contributed by atoms with van der Waals surface area (Å²) in [4.78, 5) is 12.1. The zero-order valence-electron chi connectivity index (χ0n) is 12.4. The van der Waals surface area contributed by atoms with E-state index in [1.807, 2.05) is 58.9 Å². The third-order valence-electron chi connectivity index (χ3n) is 2.72. The summed E-state index contributed by atoms with van der Waals surface area (Å²) in [6.07, 6.45) is 0.0503. The number of ether oxygens (including phenoxy) is 1. The van der Waals surface area contributed by atoms with Gasteiger partial charge in [0, 0.05) is 0 Å². The minimum absolute atomic E-state index is 0.0503. The topological polar surface area (TPSA) is 64.3 Å². The van der Waals surface area contributed by atoms with Crippen molar-refractivity contribution in [2.24, 2.45) is 11.1 Å². The number of nitrogens with two attached hydrogens (primary N) is 1. The molecule has 0 radical (unpaired) electrons. The minimum Gasteiger partial charge on any atom is -0.489 e. The molecule has 0 aliphatic heterocycles. The predicted octanol–water partition coefficient (Wildman–Crippen LogP) is 2.79. The first-order chi connectivity index (χ1) is 8.71. The number of rotatable bonds is 4. The third-order valence-corrected chi connectivity index (χ3v) is 2.72. The van der Waals surface area contributed by atoms with Crippen molar-refractivity contribution in [1.82, 2.24) is 0 Å². The van der Waals surface area contributed by atoms with Gasteiger partial charge in [-0.2, -0.15) is 0 Å². The molecule has 0 aromatic heterocycles. The summed E-state index contributed by atoms with van der Waals surface area (Å²) >= 11 is 0. The van der Waals surface area contributed by atoms with Crippen molar-refractivity contribution in [1.29, 1.82) is 0 Å². The zero-order valence-corrected chi connectivity index (χ0v) is 12.4. The van der Waals surface area contributed by atoms with Gasteiger partial charge in [-0.25, -0.2) is 0 Å². The molecule has 3 N–H and O–H groups in total. The molecule has 1 rings (SSSR count). The van der Waals surface area contributed by atoms with Gasteiger partial charge in [0.2, 0.25) is 5.91 Å². The van der Waals surface area contributed by atoms with Crippen molar-refractivity contribution >= 4 is 11.6 Å². The quantitative estimate of drug-likeness (QED) is 0.879. The summed E-state index contributed by atoms with van der Waals surface area (Å²) in [7, 11) is 0. The molecule has 0 aliphatic carbocycles. The Morgan fingerprint density at radius 1 is 1.26 bits per heavy atom. The molecule has 1 amide bonds. The fourth-order valence-corrected chi connectivity index (χ4v) is 1.53. The molecule has 4 nitrogen and oxygen atoms in total. The summed E-state index contributed by atoms with van der Waals surface area (Å²) in [6, 6.07) is 6.80. The van der Waals surface area contributed by atoms with E-state index in [0.29, 0.717) is 11.4 Å². The number of amides is 1. The molecule has 4 heteroatoms. The van der Waals surface area contributed by atoms with Crippen LogP contribution in [0.25, 0.3) is 0 Å². The van der Waals surface area contributed by atoms with Gasteiger partial charge in [-0.1, -0.05) is 32.9 Å². The van der Waals surface area contributed by atoms with E-state index >= 15 is 0 Å². The summed E-state index contributed by atoms with van der Waals surface area (Å²) in [6.45, 7) is 9.70. The summed E-state index contributed by atoms with van der Waals surface area (Å²) < 4.78 is 5.66. The number of benzene rings is 1.